The molecular weight excluding hydrogens is 242 g/mol. The minimum atomic E-state index is -0.257. The van der Waals surface area contributed by atoms with Gasteiger partial charge in [0.1, 0.15) is 5.69 Å². The molecule has 0 unspecified atom stereocenters. The highest BCUT2D eigenvalue weighted by atomic mass is 16.3. The van der Waals surface area contributed by atoms with Gasteiger partial charge in [-0.3, -0.25) is 14.1 Å². The molecule has 1 aliphatic heterocycles. The van der Waals surface area contributed by atoms with Crippen LogP contribution in [-0.4, -0.2) is 20.5 Å². The molecule has 0 atom stereocenters. The van der Waals surface area contributed by atoms with Gasteiger partial charge >= 0.3 is 5.69 Å². The first-order valence-electron chi connectivity index (χ1n) is 5.89. The SMILES string of the molecule is Cn1c(O)c(C=C2C=Nc3ccccc32)n(C)c1=O. The largest absolute Gasteiger partial charge is 0.493 e. The molecule has 0 bridgehead atoms. The number of fused-ring (bicyclic) bond motifs is 1. The predicted octanol–water partition coefficient (Wildman–Crippen LogP) is 1.69. The summed E-state index contributed by atoms with van der Waals surface area (Å²) >= 11 is 0. The van der Waals surface area contributed by atoms with E-state index in [4.69, 9.17) is 0 Å². The second kappa shape index (κ2) is 3.98. The Morgan fingerprint density at radius 1 is 1.21 bits per heavy atom. The van der Waals surface area contributed by atoms with E-state index in [0.717, 1.165) is 16.8 Å². The Balaban J connectivity index is 2.18. The highest BCUT2D eigenvalue weighted by Crippen LogP contribution is 2.32. The zero-order valence-electron chi connectivity index (χ0n) is 10.7. The van der Waals surface area contributed by atoms with Crippen molar-refractivity contribution in [2.45, 2.75) is 0 Å². The van der Waals surface area contributed by atoms with Gasteiger partial charge in [0, 0.05) is 31.4 Å². The van der Waals surface area contributed by atoms with Crippen LogP contribution in [0.3, 0.4) is 0 Å². The molecule has 0 saturated carbocycles. The van der Waals surface area contributed by atoms with Crippen LogP contribution in [0, 0.1) is 0 Å². The first-order valence-corrected chi connectivity index (χ1v) is 5.89. The lowest BCUT2D eigenvalue weighted by Crippen LogP contribution is -2.19. The molecule has 0 saturated heterocycles. The molecule has 1 aromatic carbocycles. The van der Waals surface area contributed by atoms with Crippen molar-refractivity contribution < 1.29 is 5.11 Å². The third-order valence-corrected chi connectivity index (χ3v) is 3.33. The van der Waals surface area contributed by atoms with E-state index in [0.29, 0.717) is 5.69 Å². The van der Waals surface area contributed by atoms with E-state index in [1.54, 1.807) is 19.3 Å². The number of allylic oxidation sites excluding steroid dienone is 1. The fourth-order valence-electron chi connectivity index (χ4n) is 2.20. The molecule has 1 N–H and O–H groups in total. The van der Waals surface area contributed by atoms with Crippen LogP contribution in [-0.2, 0) is 14.1 Å². The summed E-state index contributed by atoms with van der Waals surface area (Å²) < 4.78 is 2.63. The second-order valence-corrected chi connectivity index (χ2v) is 4.48. The molecule has 2 aromatic rings. The van der Waals surface area contributed by atoms with Gasteiger partial charge in [-0.25, -0.2) is 4.79 Å². The van der Waals surface area contributed by atoms with E-state index < -0.39 is 0 Å². The smallest absolute Gasteiger partial charge is 0.330 e. The minimum absolute atomic E-state index is 0.0437. The van der Waals surface area contributed by atoms with Crippen LogP contribution in [0.2, 0.25) is 0 Å². The van der Waals surface area contributed by atoms with E-state index in [1.807, 2.05) is 24.3 Å². The van der Waals surface area contributed by atoms with E-state index in [9.17, 15) is 9.90 Å². The topological polar surface area (TPSA) is 59.5 Å². The zero-order chi connectivity index (χ0) is 13.6. The Kier molecular flexibility index (Phi) is 2.41. The summed E-state index contributed by atoms with van der Waals surface area (Å²) in [6.07, 6.45) is 3.51. The van der Waals surface area contributed by atoms with Crippen molar-refractivity contribution in [2.24, 2.45) is 19.1 Å². The molecule has 3 rings (SSSR count). The van der Waals surface area contributed by atoms with E-state index in [1.165, 1.54) is 16.2 Å². The van der Waals surface area contributed by atoms with Gasteiger partial charge in [0.15, 0.2) is 0 Å². The first kappa shape index (κ1) is 11.5. The monoisotopic (exact) mass is 255 g/mol. The molecule has 5 heteroatoms. The average molecular weight is 255 g/mol. The Morgan fingerprint density at radius 2 is 1.95 bits per heavy atom. The van der Waals surface area contributed by atoms with E-state index >= 15 is 0 Å². The summed E-state index contributed by atoms with van der Waals surface area (Å²) in [5.74, 6) is -0.0437. The molecular formula is C14H13N3O2. The lowest BCUT2D eigenvalue weighted by molar-refractivity contribution is 0.428. The molecule has 0 fully saturated rings. The van der Waals surface area contributed by atoms with Crippen molar-refractivity contribution in [1.29, 1.82) is 0 Å². The number of aromatic hydroxyl groups is 1. The molecule has 19 heavy (non-hydrogen) atoms. The molecule has 2 heterocycles. The Hall–Kier alpha value is -2.56. The number of hydrogen-bond donors (Lipinski definition) is 1. The molecule has 1 aliphatic rings. The predicted molar refractivity (Wildman–Crippen MR) is 74.8 cm³/mol. The fraction of sp³-hybridized carbons (Fsp3) is 0.143. The summed E-state index contributed by atoms with van der Waals surface area (Å²) in [6, 6.07) is 7.75. The second-order valence-electron chi connectivity index (χ2n) is 4.48. The van der Waals surface area contributed by atoms with Crippen LogP contribution in [0.1, 0.15) is 11.3 Å². The third-order valence-electron chi connectivity index (χ3n) is 3.33. The maximum absolute atomic E-state index is 11.7. The standard InChI is InChI=1S/C14H13N3O2/c1-16-12(13(18)17(2)14(16)19)7-9-8-15-11-6-4-3-5-10(9)11/h3-8,18H,1-2H3. The minimum Gasteiger partial charge on any atom is -0.493 e. The number of hydrogen-bond acceptors (Lipinski definition) is 3. The van der Waals surface area contributed by atoms with Gasteiger partial charge in [-0.1, -0.05) is 18.2 Å². The van der Waals surface area contributed by atoms with Crippen LogP contribution in [0.25, 0.3) is 11.6 Å². The number of imidazole rings is 1. The Bertz CT molecular complexity index is 778. The number of benzene rings is 1. The summed E-state index contributed by atoms with van der Waals surface area (Å²) in [5, 5.41) is 9.96. The van der Waals surface area contributed by atoms with Crippen LogP contribution in [0.4, 0.5) is 5.69 Å². The van der Waals surface area contributed by atoms with Gasteiger partial charge < -0.3 is 5.11 Å². The number of para-hydroxylation sites is 1. The zero-order valence-corrected chi connectivity index (χ0v) is 10.7. The number of rotatable bonds is 1. The molecule has 0 radical (unpaired) electrons. The van der Waals surface area contributed by atoms with Gasteiger partial charge in [0.25, 0.3) is 0 Å². The summed E-state index contributed by atoms with van der Waals surface area (Å²) in [6.45, 7) is 0. The summed E-state index contributed by atoms with van der Waals surface area (Å²) in [7, 11) is 3.17. The van der Waals surface area contributed by atoms with E-state index in [-0.39, 0.29) is 11.6 Å². The summed E-state index contributed by atoms with van der Waals surface area (Å²) in [4.78, 5) is 16.0. The lowest BCUT2D eigenvalue weighted by Gasteiger charge is -2.00. The van der Waals surface area contributed by atoms with Crippen molar-refractivity contribution in [3.63, 3.8) is 0 Å². The van der Waals surface area contributed by atoms with Gasteiger partial charge in [-0.05, 0) is 12.1 Å². The maximum Gasteiger partial charge on any atom is 0.330 e. The van der Waals surface area contributed by atoms with Crippen LogP contribution < -0.4 is 5.69 Å². The van der Waals surface area contributed by atoms with Crippen molar-refractivity contribution in [1.82, 2.24) is 9.13 Å². The van der Waals surface area contributed by atoms with Crippen molar-refractivity contribution in [2.75, 3.05) is 0 Å². The number of aromatic nitrogens is 2. The maximum atomic E-state index is 11.7. The highest BCUT2D eigenvalue weighted by molar-refractivity contribution is 6.21. The molecule has 96 valence electrons. The highest BCUT2D eigenvalue weighted by Gasteiger charge is 2.16. The lowest BCUT2D eigenvalue weighted by atomic mass is 10.1. The van der Waals surface area contributed by atoms with Gasteiger partial charge in [-0.2, -0.15) is 0 Å². The Labute approximate surface area is 109 Å². The van der Waals surface area contributed by atoms with Gasteiger partial charge in [0.05, 0.1) is 5.69 Å². The molecule has 5 nitrogen and oxygen atoms in total. The fourth-order valence-corrected chi connectivity index (χ4v) is 2.20. The quantitative estimate of drug-likeness (QED) is 0.843. The normalized spacial score (nSPS) is 15.2. The molecule has 0 aliphatic carbocycles. The van der Waals surface area contributed by atoms with Gasteiger partial charge in [-0.15, -0.1) is 0 Å². The summed E-state index contributed by atoms with van der Waals surface area (Å²) in [5.41, 5.74) is 3.00. The first-order chi connectivity index (χ1) is 9.09. The van der Waals surface area contributed by atoms with Crippen molar-refractivity contribution in [3.05, 3.63) is 46.0 Å². The van der Waals surface area contributed by atoms with Crippen molar-refractivity contribution in [3.8, 4) is 5.88 Å². The third kappa shape index (κ3) is 1.62. The number of nitrogens with zero attached hydrogens (tertiary/aromatic N) is 3. The van der Waals surface area contributed by atoms with Gasteiger partial charge in [0.2, 0.25) is 5.88 Å². The molecule has 0 amide bonds. The number of aliphatic imine (C=N–C) groups is 1. The molecule has 1 aromatic heterocycles. The van der Waals surface area contributed by atoms with Crippen LogP contribution >= 0.6 is 0 Å². The molecule has 0 spiro atoms. The van der Waals surface area contributed by atoms with Crippen LogP contribution in [0.15, 0.2) is 34.1 Å². The van der Waals surface area contributed by atoms with Crippen LogP contribution in [0.5, 0.6) is 5.88 Å². The average Bonchev–Trinajstić information content (AvgIpc) is 2.91. The Morgan fingerprint density at radius 3 is 2.63 bits per heavy atom. The van der Waals surface area contributed by atoms with Crippen molar-refractivity contribution >= 4 is 23.6 Å². The van der Waals surface area contributed by atoms with E-state index in [2.05, 4.69) is 4.99 Å².